The largest absolute Gasteiger partial charge is 0.481 e. The summed E-state index contributed by atoms with van der Waals surface area (Å²) in [4.78, 5) is 13.6. The van der Waals surface area contributed by atoms with E-state index in [9.17, 15) is 0 Å². The summed E-state index contributed by atoms with van der Waals surface area (Å²) in [5, 5.41) is 4.49. The fraction of sp³-hybridized carbons (Fsp3) is 0.458. The van der Waals surface area contributed by atoms with E-state index in [1.807, 2.05) is 6.07 Å². The van der Waals surface area contributed by atoms with Gasteiger partial charge in [0.2, 0.25) is 5.88 Å². The Labute approximate surface area is 182 Å². The van der Waals surface area contributed by atoms with Crippen molar-refractivity contribution in [1.29, 1.82) is 0 Å². The number of allylic oxidation sites excluding steroid dienone is 2. The van der Waals surface area contributed by atoms with E-state index in [-0.39, 0.29) is 0 Å². The molecule has 0 aromatic carbocycles. The number of aromatic nitrogens is 4. The number of methoxy groups -OCH3 is 1. The van der Waals surface area contributed by atoms with E-state index in [0.717, 1.165) is 36.0 Å². The zero-order chi connectivity index (χ0) is 21.6. The van der Waals surface area contributed by atoms with Gasteiger partial charge in [0.05, 0.1) is 12.5 Å². The highest BCUT2D eigenvalue weighted by Gasteiger charge is 2.36. The van der Waals surface area contributed by atoms with Crippen LogP contribution in [0.25, 0.3) is 28.0 Å². The Morgan fingerprint density at radius 3 is 2.81 bits per heavy atom. The monoisotopic (exact) mass is 418 g/mol. The number of aryl methyl sites for hydroxylation is 1. The molecule has 31 heavy (non-hydrogen) atoms. The van der Waals surface area contributed by atoms with Gasteiger partial charge in [-0.25, -0.2) is 15.0 Å². The van der Waals surface area contributed by atoms with Crippen molar-refractivity contribution in [2.75, 3.05) is 19.4 Å². The maximum atomic E-state index is 6.35. The van der Waals surface area contributed by atoms with Crippen LogP contribution in [-0.2, 0) is 7.05 Å². The van der Waals surface area contributed by atoms with Crippen molar-refractivity contribution in [2.24, 2.45) is 12.5 Å². The maximum absolute atomic E-state index is 6.35. The Hall–Kier alpha value is -2.93. The van der Waals surface area contributed by atoms with Crippen LogP contribution >= 0.6 is 0 Å². The first kappa shape index (κ1) is 20.0. The average molecular weight is 419 g/mol. The van der Waals surface area contributed by atoms with Gasteiger partial charge in [-0.2, -0.15) is 0 Å². The fourth-order valence-corrected chi connectivity index (χ4v) is 5.28. The van der Waals surface area contributed by atoms with Crippen LogP contribution in [0.5, 0.6) is 5.88 Å². The first-order valence-corrected chi connectivity index (χ1v) is 11.0. The summed E-state index contributed by atoms with van der Waals surface area (Å²) in [7, 11) is 3.67. The highest BCUT2D eigenvalue weighted by atomic mass is 16.5. The molecule has 4 heterocycles. The molecule has 2 atom stereocenters. The standard InChI is InChI=1S/C24H30N6O/c1-15-13-24(10-11-26-15)8-6-16(7-9-24)19-12-18-21(25)28-22(29-23(18)30(19)2)17-4-5-20(31-3)27-14-17/h4-6,12,14-15,26H,7-11,13H2,1-3H3,(H2,25,28,29). The summed E-state index contributed by atoms with van der Waals surface area (Å²) in [5.41, 5.74) is 11.1. The van der Waals surface area contributed by atoms with Crippen molar-refractivity contribution in [1.82, 2.24) is 24.8 Å². The number of nitrogen functional groups attached to an aromatic ring is 1. The predicted octanol–water partition coefficient (Wildman–Crippen LogP) is 3.95. The van der Waals surface area contributed by atoms with Crippen molar-refractivity contribution >= 4 is 22.4 Å². The van der Waals surface area contributed by atoms with Gasteiger partial charge in [0, 0.05) is 36.6 Å². The van der Waals surface area contributed by atoms with Gasteiger partial charge >= 0.3 is 0 Å². The average Bonchev–Trinajstić information content (AvgIpc) is 3.11. The molecule has 3 N–H and O–H groups in total. The van der Waals surface area contributed by atoms with Crippen LogP contribution in [0.3, 0.4) is 0 Å². The van der Waals surface area contributed by atoms with Gasteiger partial charge in [0.15, 0.2) is 5.82 Å². The summed E-state index contributed by atoms with van der Waals surface area (Å²) >= 11 is 0. The molecule has 1 saturated heterocycles. The number of hydrogen-bond acceptors (Lipinski definition) is 6. The number of nitrogens with one attached hydrogen (secondary N) is 1. The quantitative estimate of drug-likeness (QED) is 0.669. The van der Waals surface area contributed by atoms with E-state index in [1.54, 1.807) is 19.4 Å². The van der Waals surface area contributed by atoms with Crippen LogP contribution in [0.2, 0.25) is 0 Å². The second-order valence-corrected chi connectivity index (χ2v) is 9.09. The lowest BCUT2D eigenvalue weighted by Crippen LogP contribution is -2.43. The molecule has 0 saturated carbocycles. The third-order valence-electron chi connectivity index (χ3n) is 7.04. The minimum Gasteiger partial charge on any atom is -0.481 e. The molecule has 3 aromatic rings. The van der Waals surface area contributed by atoms with E-state index in [2.05, 4.69) is 46.0 Å². The number of fused-ring (bicyclic) bond motifs is 1. The van der Waals surface area contributed by atoms with E-state index in [4.69, 9.17) is 15.5 Å². The maximum Gasteiger partial charge on any atom is 0.212 e. The number of piperidine rings is 1. The van der Waals surface area contributed by atoms with Crippen molar-refractivity contribution in [3.8, 4) is 17.3 Å². The molecule has 7 nitrogen and oxygen atoms in total. The Kier molecular flexibility index (Phi) is 4.93. The molecule has 5 rings (SSSR count). The number of nitrogens with two attached hydrogens (primary N) is 1. The van der Waals surface area contributed by atoms with Crippen LogP contribution in [0.15, 0.2) is 30.5 Å². The summed E-state index contributed by atoms with van der Waals surface area (Å²) < 4.78 is 7.30. The molecule has 1 aliphatic carbocycles. The van der Waals surface area contributed by atoms with Crippen molar-refractivity contribution in [2.45, 2.75) is 45.1 Å². The predicted molar refractivity (Wildman–Crippen MR) is 124 cm³/mol. The number of rotatable bonds is 3. The molecule has 1 spiro atoms. The zero-order valence-electron chi connectivity index (χ0n) is 18.5. The number of anilines is 1. The molecule has 0 radical (unpaired) electrons. The van der Waals surface area contributed by atoms with Crippen molar-refractivity contribution in [3.05, 3.63) is 36.2 Å². The summed E-state index contributed by atoms with van der Waals surface area (Å²) in [6, 6.07) is 6.47. The molecule has 1 fully saturated rings. The van der Waals surface area contributed by atoms with Gasteiger partial charge in [0.25, 0.3) is 0 Å². The van der Waals surface area contributed by atoms with Crippen molar-refractivity contribution in [3.63, 3.8) is 0 Å². The Bertz CT molecular complexity index is 1150. The Morgan fingerprint density at radius 1 is 1.26 bits per heavy atom. The molecule has 0 bridgehead atoms. The normalized spacial score (nSPS) is 23.8. The first-order valence-electron chi connectivity index (χ1n) is 11.0. The highest BCUT2D eigenvalue weighted by molar-refractivity contribution is 5.91. The molecule has 0 amide bonds. The smallest absolute Gasteiger partial charge is 0.212 e. The third kappa shape index (κ3) is 3.57. The number of nitrogens with zero attached hydrogens (tertiary/aromatic N) is 4. The second-order valence-electron chi connectivity index (χ2n) is 9.09. The van der Waals surface area contributed by atoms with E-state index >= 15 is 0 Å². The minimum absolute atomic E-state index is 0.464. The SMILES string of the molecule is COc1ccc(-c2nc(N)c3cc(C4=CCC5(CCNC(C)C5)CC4)n(C)c3n2)cn1. The summed E-state index contributed by atoms with van der Waals surface area (Å²) in [5.74, 6) is 1.63. The van der Waals surface area contributed by atoms with Crippen LogP contribution in [0, 0.1) is 5.41 Å². The number of ether oxygens (including phenoxy) is 1. The lowest BCUT2D eigenvalue weighted by molar-refractivity contribution is 0.155. The molecule has 2 unspecified atom stereocenters. The molecular formula is C24H30N6O. The topological polar surface area (TPSA) is 90.9 Å². The van der Waals surface area contributed by atoms with Gasteiger partial charge in [-0.1, -0.05) is 6.08 Å². The molecule has 2 aliphatic rings. The van der Waals surface area contributed by atoms with Crippen LogP contribution in [0.1, 0.15) is 44.7 Å². The molecule has 3 aromatic heterocycles. The number of pyridine rings is 1. The third-order valence-corrected chi connectivity index (χ3v) is 7.04. The van der Waals surface area contributed by atoms with Gasteiger partial charge in [-0.05, 0) is 68.7 Å². The van der Waals surface area contributed by atoms with E-state index < -0.39 is 0 Å². The Morgan fingerprint density at radius 2 is 2.13 bits per heavy atom. The zero-order valence-corrected chi connectivity index (χ0v) is 18.5. The van der Waals surface area contributed by atoms with Crippen LogP contribution in [-0.4, -0.2) is 39.2 Å². The lowest BCUT2D eigenvalue weighted by Gasteiger charge is -2.42. The molecule has 7 heteroatoms. The molecule has 1 aliphatic heterocycles. The van der Waals surface area contributed by atoms with Gasteiger partial charge < -0.3 is 20.4 Å². The molecular weight excluding hydrogens is 388 g/mol. The van der Waals surface area contributed by atoms with Gasteiger partial charge in [-0.3, -0.25) is 0 Å². The molecule has 162 valence electrons. The second kappa shape index (κ2) is 7.64. The lowest BCUT2D eigenvalue weighted by atomic mass is 9.67. The Balaban J connectivity index is 1.49. The van der Waals surface area contributed by atoms with Crippen LogP contribution < -0.4 is 15.8 Å². The van der Waals surface area contributed by atoms with Crippen molar-refractivity contribution < 1.29 is 4.74 Å². The summed E-state index contributed by atoms with van der Waals surface area (Å²) in [6.07, 6.45) is 10.2. The van der Waals surface area contributed by atoms with Gasteiger partial charge in [0.1, 0.15) is 11.5 Å². The van der Waals surface area contributed by atoms with Crippen LogP contribution in [0.4, 0.5) is 5.82 Å². The van der Waals surface area contributed by atoms with E-state index in [0.29, 0.717) is 29.0 Å². The van der Waals surface area contributed by atoms with Gasteiger partial charge in [-0.15, -0.1) is 0 Å². The fourth-order valence-electron chi connectivity index (χ4n) is 5.28. The minimum atomic E-state index is 0.464. The summed E-state index contributed by atoms with van der Waals surface area (Å²) in [6.45, 7) is 3.44. The van der Waals surface area contributed by atoms with E-state index in [1.165, 1.54) is 30.5 Å². The highest BCUT2D eigenvalue weighted by Crippen LogP contribution is 2.46. The first-order chi connectivity index (χ1) is 15.0. The number of hydrogen-bond donors (Lipinski definition) is 2.